The predicted octanol–water partition coefficient (Wildman–Crippen LogP) is 4.70. The van der Waals surface area contributed by atoms with Crippen LogP contribution in [0.5, 0.6) is 5.75 Å². The molecule has 1 aliphatic heterocycles. The van der Waals surface area contributed by atoms with Gasteiger partial charge in [0.15, 0.2) is 6.61 Å². The van der Waals surface area contributed by atoms with Gasteiger partial charge in [-0.1, -0.05) is 48.5 Å². The highest BCUT2D eigenvalue weighted by molar-refractivity contribution is 9.10. The lowest BCUT2D eigenvalue weighted by molar-refractivity contribution is -0.123. The zero-order chi connectivity index (χ0) is 22.0. The Morgan fingerprint density at radius 3 is 2.65 bits per heavy atom. The molecule has 2 N–H and O–H groups in total. The lowest BCUT2D eigenvalue weighted by Gasteiger charge is -2.14. The van der Waals surface area contributed by atoms with E-state index in [4.69, 9.17) is 10.5 Å². The van der Waals surface area contributed by atoms with E-state index in [2.05, 4.69) is 15.9 Å². The Morgan fingerprint density at radius 1 is 1.10 bits per heavy atom. The van der Waals surface area contributed by atoms with Gasteiger partial charge in [-0.25, -0.2) is 0 Å². The van der Waals surface area contributed by atoms with Crippen molar-refractivity contribution in [2.45, 2.75) is 6.54 Å². The number of hydrogen-bond donors (Lipinski definition) is 1. The van der Waals surface area contributed by atoms with Gasteiger partial charge in [0, 0.05) is 0 Å². The average molecular weight is 497 g/mol. The standard InChI is InChI=1S/C23H17BrN2O4S/c24-18-10-14(8-9-19(18)30-13-21(25)27)11-20-22(28)26(23(29)31-20)12-16-6-3-5-15-4-1-2-7-17(15)16/h1-11H,12-13H2,(H2,25,27)/b20-11-. The normalized spacial score (nSPS) is 15.1. The van der Waals surface area contributed by atoms with Gasteiger partial charge in [0.05, 0.1) is 15.9 Å². The summed E-state index contributed by atoms with van der Waals surface area (Å²) in [5.74, 6) is -0.441. The first kappa shape index (κ1) is 21.1. The summed E-state index contributed by atoms with van der Waals surface area (Å²) in [5.41, 5.74) is 6.72. The third-order valence-electron chi connectivity index (χ3n) is 4.71. The third-order valence-corrected chi connectivity index (χ3v) is 6.23. The predicted molar refractivity (Wildman–Crippen MR) is 124 cm³/mol. The number of benzene rings is 3. The second-order valence-electron chi connectivity index (χ2n) is 6.85. The molecule has 1 aliphatic rings. The van der Waals surface area contributed by atoms with Crippen molar-refractivity contribution in [2.24, 2.45) is 5.73 Å². The maximum absolute atomic E-state index is 12.9. The number of hydrogen-bond acceptors (Lipinski definition) is 5. The van der Waals surface area contributed by atoms with Crippen LogP contribution in [0.4, 0.5) is 4.79 Å². The number of rotatable bonds is 6. The summed E-state index contributed by atoms with van der Waals surface area (Å²) in [5, 5.41) is 1.78. The molecule has 1 fully saturated rings. The molecule has 0 radical (unpaired) electrons. The van der Waals surface area contributed by atoms with Gasteiger partial charge in [0.1, 0.15) is 5.75 Å². The Hall–Kier alpha value is -3.10. The van der Waals surface area contributed by atoms with Crippen LogP contribution in [0.3, 0.4) is 0 Å². The van der Waals surface area contributed by atoms with E-state index in [1.165, 1.54) is 4.90 Å². The maximum atomic E-state index is 12.9. The molecule has 0 aromatic heterocycles. The van der Waals surface area contributed by atoms with E-state index < -0.39 is 5.91 Å². The van der Waals surface area contributed by atoms with Gasteiger partial charge in [-0.15, -0.1) is 0 Å². The fourth-order valence-electron chi connectivity index (χ4n) is 3.26. The summed E-state index contributed by atoms with van der Waals surface area (Å²) in [6.07, 6.45) is 1.66. The molecule has 0 spiro atoms. The molecule has 0 unspecified atom stereocenters. The summed E-state index contributed by atoms with van der Waals surface area (Å²) >= 11 is 4.29. The zero-order valence-corrected chi connectivity index (χ0v) is 18.6. The quantitative estimate of drug-likeness (QED) is 0.499. The van der Waals surface area contributed by atoms with Gasteiger partial charge in [-0.2, -0.15) is 0 Å². The van der Waals surface area contributed by atoms with Crippen LogP contribution >= 0.6 is 27.7 Å². The molecular formula is C23H17BrN2O4S. The number of nitrogens with two attached hydrogens (primary N) is 1. The molecule has 1 heterocycles. The first-order chi connectivity index (χ1) is 14.9. The number of amides is 3. The van der Waals surface area contributed by atoms with Gasteiger partial charge < -0.3 is 10.5 Å². The van der Waals surface area contributed by atoms with E-state index in [0.717, 1.165) is 28.1 Å². The molecular weight excluding hydrogens is 480 g/mol. The number of imide groups is 1. The van der Waals surface area contributed by atoms with Crippen molar-refractivity contribution >= 4 is 61.6 Å². The van der Waals surface area contributed by atoms with Crippen molar-refractivity contribution in [1.29, 1.82) is 0 Å². The van der Waals surface area contributed by atoms with Crippen LogP contribution in [-0.2, 0) is 16.1 Å². The molecule has 0 bridgehead atoms. The van der Waals surface area contributed by atoms with Gasteiger partial charge in [-0.05, 0) is 67.8 Å². The van der Waals surface area contributed by atoms with E-state index in [1.807, 2.05) is 42.5 Å². The van der Waals surface area contributed by atoms with Crippen LogP contribution in [-0.4, -0.2) is 28.6 Å². The Bertz CT molecular complexity index is 1240. The molecule has 3 aromatic rings. The number of halogens is 1. The van der Waals surface area contributed by atoms with E-state index in [0.29, 0.717) is 20.7 Å². The van der Waals surface area contributed by atoms with Crippen molar-refractivity contribution in [2.75, 3.05) is 6.61 Å². The van der Waals surface area contributed by atoms with Gasteiger partial charge in [0.2, 0.25) is 0 Å². The Morgan fingerprint density at radius 2 is 1.87 bits per heavy atom. The highest BCUT2D eigenvalue weighted by atomic mass is 79.9. The summed E-state index contributed by atoms with van der Waals surface area (Å²) in [7, 11) is 0. The highest BCUT2D eigenvalue weighted by Crippen LogP contribution is 2.35. The van der Waals surface area contributed by atoms with Crippen molar-refractivity contribution < 1.29 is 19.1 Å². The molecule has 0 saturated carbocycles. The first-order valence-corrected chi connectivity index (χ1v) is 11.0. The van der Waals surface area contributed by atoms with Gasteiger partial charge in [0.25, 0.3) is 17.1 Å². The van der Waals surface area contributed by atoms with Gasteiger partial charge >= 0.3 is 0 Å². The van der Waals surface area contributed by atoms with Crippen LogP contribution in [0.15, 0.2) is 70.0 Å². The number of thioether (sulfide) groups is 1. The van der Waals surface area contributed by atoms with Gasteiger partial charge in [-0.3, -0.25) is 19.3 Å². The smallest absolute Gasteiger partial charge is 0.293 e. The number of ether oxygens (including phenoxy) is 1. The third kappa shape index (κ3) is 4.65. The second kappa shape index (κ2) is 8.95. The summed E-state index contributed by atoms with van der Waals surface area (Å²) in [4.78, 5) is 38.0. The first-order valence-electron chi connectivity index (χ1n) is 9.35. The van der Waals surface area contributed by atoms with Crippen molar-refractivity contribution in [1.82, 2.24) is 4.90 Å². The average Bonchev–Trinajstić information content (AvgIpc) is 3.00. The van der Waals surface area contributed by atoms with Crippen LogP contribution in [0.1, 0.15) is 11.1 Å². The fraction of sp³-hybridized carbons (Fsp3) is 0.0870. The van der Waals surface area contributed by atoms with Crippen LogP contribution < -0.4 is 10.5 Å². The number of fused-ring (bicyclic) bond motifs is 1. The molecule has 4 rings (SSSR count). The summed E-state index contributed by atoms with van der Waals surface area (Å²) in [6.45, 7) is -0.0159. The molecule has 3 amide bonds. The lowest BCUT2D eigenvalue weighted by atomic mass is 10.0. The SMILES string of the molecule is NC(=O)COc1ccc(/C=C2\SC(=O)N(Cc3cccc4ccccc34)C2=O)cc1Br. The van der Waals surface area contributed by atoms with E-state index in [9.17, 15) is 14.4 Å². The molecule has 156 valence electrons. The lowest BCUT2D eigenvalue weighted by Crippen LogP contribution is -2.27. The maximum Gasteiger partial charge on any atom is 0.293 e. The molecule has 1 saturated heterocycles. The highest BCUT2D eigenvalue weighted by Gasteiger charge is 2.35. The molecule has 6 nitrogen and oxygen atoms in total. The van der Waals surface area contributed by atoms with E-state index >= 15 is 0 Å². The van der Waals surface area contributed by atoms with Crippen LogP contribution in [0.25, 0.3) is 16.8 Å². The number of primary amides is 1. The largest absolute Gasteiger partial charge is 0.483 e. The number of nitrogens with zero attached hydrogens (tertiary/aromatic N) is 1. The summed E-state index contributed by atoms with van der Waals surface area (Å²) in [6, 6.07) is 18.9. The Labute approximate surface area is 191 Å². The van der Waals surface area contributed by atoms with Crippen molar-refractivity contribution in [3.8, 4) is 5.75 Å². The zero-order valence-electron chi connectivity index (χ0n) is 16.2. The molecule has 8 heteroatoms. The molecule has 0 aliphatic carbocycles. The van der Waals surface area contributed by atoms with Crippen LogP contribution in [0, 0.1) is 0 Å². The second-order valence-corrected chi connectivity index (χ2v) is 8.70. The summed E-state index contributed by atoms with van der Waals surface area (Å²) < 4.78 is 5.91. The topological polar surface area (TPSA) is 89.7 Å². The monoisotopic (exact) mass is 496 g/mol. The molecule has 0 atom stereocenters. The molecule has 3 aromatic carbocycles. The minimum atomic E-state index is -0.573. The van der Waals surface area contributed by atoms with Crippen molar-refractivity contribution in [3.05, 3.63) is 81.2 Å². The van der Waals surface area contributed by atoms with Crippen LogP contribution in [0.2, 0.25) is 0 Å². The van der Waals surface area contributed by atoms with Crippen molar-refractivity contribution in [3.63, 3.8) is 0 Å². The molecule has 31 heavy (non-hydrogen) atoms. The van der Waals surface area contributed by atoms with E-state index in [1.54, 1.807) is 24.3 Å². The fourth-order valence-corrected chi connectivity index (χ4v) is 4.61. The van der Waals surface area contributed by atoms with E-state index in [-0.39, 0.29) is 24.3 Å². The minimum Gasteiger partial charge on any atom is -0.483 e. The Kier molecular flexibility index (Phi) is 6.11. The Balaban J connectivity index is 1.55. The number of carbonyl (C=O) groups excluding carboxylic acids is 3. The number of carbonyl (C=O) groups is 3. The minimum absolute atomic E-state index is 0.215.